The van der Waals surface area contributed by atoms with E-state index in [-0.39, 0.29) is 24.6 Å². The molecular weight excluding hydrogens is 236 g/mol. The summed E-state index contributed by atoms with van der Waals surface area (Å²) in [6.45, 7) is 4.73. The van der Waals surface area contributed by atoms with Crippen LogP contribution in [0.1, 0.15) is 33.1 Å². The van der Waals surface area contributed by atoms with E-state index in [0.29, 0.717) is 19.1 Å². The van der Waals surface area contributed by atoms with Crippen LogP contribution in [-0.2, 0) is 9.53 Å². The molecule has 0 saturated heterocycles. The SMILES string of the molecule is CC(C)OCCNC(=O)NC(CC(=O)O)C1CC1. The Bertz CT molecular complexity index is 290. The van der Waals surface area contributed by atoms with Crippen LogP contribution in [0.3, 0.4) is 0 Å². The number of aliphatic carboxylic acids is 1. The van der Waals surface area contributed by atoms with Crippen LogP contribution in [0.4, 0.5) is 4.79 Å². The molecular formula is C12H22N2O4. The van der Waals surface area contributed by atoms with Gasteiger partial charge in [-0.3, -0.25) is 4.79 Å². The smallest absolute Gasteiger partial charge is 0.315 e. The number of rotatable bonds is 8. The third kappa shape index (κ3) is 6.44. The van der Waals surface area contributed by atoms with Gasteiger partial charge in [0.05, 0.1) is 19.1 Å². The van der Waals surface area contributed by atoms with E-state index in [4.69, 9.17) is 9.84 Å². The second-order valence-corrected chi connectivity index (χ2v) is 4.86. The molecule has 1 saturated carbocycles. The molecule has 0 aromatic rings. The van der Waals surface area contributed by atoms with Gasteiger partial charge < -0.3 is 20.5 Å². The number of carbonyl (C=O) groups is 2. The highest BCUT2D eigenvalue weighted by Crippen LogP contribution is 2.33. The Morgan fingerprint density at radius 3 is 2.56 bits per heavy atom. The van der Waals surface area contributed by atoms with E-state index in [1.807, 2.05) is 13.8 Å². The van der Waals surface area contributed by atoms with Gasteiger partial charge in [0.2, 0.25) is 0 Å². The minimum Gasteiger partial charge on any atom is -0.481 e. The van der Waals surface area contributed by atoms with E-state index in [0.717, 1.165) is 12.8 Å². The van der Waals surface area contributed by atoms with Crippen LogP contribution in [0.5, 0.6) is 0 Å². The average Bonchev–Trinajstić information content (AvgIpc) is 3.06. The lowest BCUT2D eigenvalue weighted by Crippen LogP contribution is -2.45. The molecule has 104 valence electrons. The van der Waals surface area contributed by atoms with Crippen molar-refractivity contribution in [2.75, 3.05) is 13.2 Å². The van der Waals surface area contributed by atoms with Gasteiger partial charge in [-0.15, -0.1) is 0 Å². The molecule has 18 heavy (non-hydrogen) atoms. The molecule has 1 aliphatic rings. The quantitative estimate of drug-likeness (QED) is 0.566. The van der Waals surface area contributed by atoms with Crippen molar-refractivity contribution in [3.63, 3.8) is 0 Å². The van der Waals surface area contributed by atoms with E-state index in [1.165, 1.54) is 0 Å². The average molecular weight is 258 g/mol. The Morgan fingerprint density at radius 2 is 2.06 bits per heavy atom. The van der Waals surface area contributed by atoms with Crippen LogP contribution in [0, 0.1) is 5.92 Å². The first-order valence-electron chi connectivity index (χ1n) is 6.36. The van der Waals surface area contributed by atoms with Gasteiger partial charge in [0, 0.05) is 12.6 Å². The lowest BCUT2D eigenvalue weighted by Gasteiger charge is -2.17. The summed E-state index contributed by atoms with van der Waals surface area (Å²) in [4.78, 5) is 22.2. The number of hydrogen-bond donors (Lipinski definition) is 3. The molecule has 0 radical (unpaired) electrons. The highest BCUT2D eigenvalue weighted by molar-refractivity contribution is 5.75. The second kappa shape index (κ2) is 7.20. The summed E-state index contributed by atoms with van der Waals surface area (Å²) in [5.74, 6) is -0.561. The molecule has 0 aromatic carbocycles. The van der Waals surface area contributed by atoms with E-state index in [1.54, 1.807) is 0 Å². The predicted molar refractivity (Wildman–Crippen MR) is 66.4 cm³/mol. The van der Waals surface area contributed by atoms with Crippen molar-refractivity contribution in [2.24, 2.45) is 5.92 Å². The molecule has 1 fully saturated rings. The number of nitrogens with one attached hydrogen (secondary N) is 2. The lowest BCUT2D eigenvalue weighted by atomic mass is 10.1. The molecule has 0 heterocycles. The summed E-state index contributed by atoms with van der Waals surface area (Å²) in [5, 5.41) is 14.1. The molecule has 0 aliphatic heterocycles. The maximum absolute atomic E-state index is 11.5. The number of carboxylic acids is 1. The fourth-order valence-corrected chi connectivity index (χ4v) is 1.70. The third-order valence-electron chi connectivity index (χ3n) is 2.74. The molecule has 0 spiro atoms. The Balaban J connectivity index is 2.18. The Morgan fingerprint density at radius 1 is 1.39 bits per heavy atom. The Labute approximate surface area is 107 Å². The van der Waals surface area contributed by atoms with Gasteiger partial charge in [-0.2, -0.15) is 0 Å². The van der Waals surface area contributed by atoms with E-state index < -0.39 is 5.97 Å². The third-order valence-corrected chi connectivity index (χ3v) is 2.74. The molecule has 6 nitrogen and oxygen atoms in total. The second-order valence-electron chi connectivity index (χ2n) is 4.86. The fraction of sp³-hybridized carbons (Fsp3) is 0.833. The first-order chi connectivity index (χ1) is 8.49. The van der Waals surface area contributed by atoms with Gasteiger partial charge in [0.25, 0.3) is 0 Å². The zero-order valence-corrected chi connectivity index (χ0v) is 10.9. The minimum atomic E-state index is -0.879. The van der Waals surface area contributed by atoms with Gasteiger partial charge in [0.1, 0.15) is 0 Å². The number of carboxylic acid groups (broad SMARTS) is 1. The first kappa shape index (κ1) is 14.8. The number of urea groups is 1. The van der Waals surface area contributed by atoms with Gasteiger partial charge in [0.15, 0.2) is 0 Å². The molecule has 6 heteroatoms. The largest absolute Gasteiger partial charge is 0.481 e. The molecule has 1 atom stereocenters. The fourth-order valence-electron chi connectivity index (χ4n) is 1.70. The summed E-state index contributed by atoms with van der Waals surface area (Å²) in [7, 11) is 0. The van der Waals surface area contributed by atoms with Gasteiger partial charge in [-0.25, -0.2) is 4.79 Å². The molecule has 1 unspecified atom stereocenters. The van der Waals surface area contributed by atoms with Crippen LogP contribution in [-0.4, -0.2) is 42.4 Å². The number of amides is 2. The van der Waals surface area contributed by atoms with E-state index in [9.17, 15) is 9.59 Å². The highest BCUT2D eigenvalue weighted by atomic mass is 16.5. The zero-order valence-electron chi connectivity index (χ0n) is 10.9. The summed E-state index contributed by atoms with van der Waals surface area (Å²) in [5.41, 5.74) is 0. The topological polar surface area (TPSA) is 87.7 Å². The van der Waals surface area contributed by atoms with Gasteiger partial charge in [-0.1, -0.05) is 0 Å². The zero-order chi connectivity index (χ0) is 13.5. The highest BCUT2D eigenvalue weighted by Gasteiger charge is 2.33. The maximum Gasteiger partial charge on any atom is 0.315 e. The number of carbonyl (C=O) groups excluding carboxylic acids is 1. The number of hydrogen-bond acceptors (Lipinski definition) is 3. The summed E-state index contributed by atoms with van der Waals surface area (Å²) >= 11 is 0. The van der Waals surface area contributed by atoms with Crippen molar-refractivity contribution in [3.8, 4) is 0 Å². The first-order valence-corrected chi connectivity index (χ1v) is 6.36. The van der Waals surface area contributed by atoms with Crippen molar-refractivity contribution in [1.82, 2.24) is 10.6 Å². The Kier molecular flexibility index (Phi) is 5.91. The van der Waals surface area contributed by atoms with Gasteiger partial charge >= 0.3 is 12.0 Å². The normalized spacial score (nSPS) is 16.4. The summed E-state index contributed by atoms with van der Waals surface area (Å²) < 4.78 is 5.28. The van der Waals surface area contributed by atoms with Crippen LogP contribution in [0.15, 0.2) is 0 Å². The molecule has 3 N–H and O–H groups in total. The summed E-state index contributed by atoms with van der Waals surface area (Å²) in [6.07, 6.45) is 2.12. The van der Waals surface area contributed by atoms with Crippen molar-refractivity contribution < 1.29 is 19.4 Å². The van der Waals surface area contributed by atoms with Crippen LogP contribution in [0.2, 0.25) is 0 Å². The predicted octanol–water partition coefficient (Wildman–Crippen LogP) is 0.964. The van der Waals surface area contributed by atoms with Crippen LogP contribution < -0.4 is 10.6 Å². The lowest BCUT2D eigenvalue weighted by molar-refractivity contribution is -0.137. The van der Waals surface area contributed by atoms with Crippen molar-refractivity contribution in [3.05, 3.63) is 0 Å². The minimum absolute atomic E-state index is 0.0133. The van der Waals surface area contributed by atoms with E-state index >= 15 is 0 Å². The van der Waals surface area contributed by atoms with Crippen molar-refractivity contribution in [2.45, 2.75) is 45.3 Å². The molecule has 0 bridgehead atoms. The standard InChI is InChI=1S/C12H22N2O4/c1-8(2)18-6-5-13-12(17)14-10(7-11(15)16)9-3-4-9/h8-10H,3-7H2,1-2H3,(H,15,16)(H2,13,14,17). The Hall–Kier alpha value is -1.30. The van der Waals surface area contributed by atoms with E-state index in [2.05, 4.69) is 10.6 Å². The molecule has 1 rings (SSSR count). The van der Waals surface area contributed by atoms with Crippen molar-refractivity contribution in [1.29, 1.82) is 0 Å². The van der Waals surface area contributed by atoms with Crippen LogP contribution >= 0.6 is 0 Å². The van der Waals surface area contributed by atoms with Crippen LogP contribution in [0.25, 0.3) is 0 Å². The molecule has 2 amide bonds. The molecule has 1 aliphatic carbocycles. The maximum atomic E-state index is 11.5. The monoisotopic (exact) mass is 258 g/mol. The van der Waals surface area contributed by atoms with Crippen molar-refractivity contribution >= 4 is 12.0 Å². The summed E-state index contributed by atoms with van der Waals surface area (Å²) in [6, 6.07) is -0.575. The molecule has 0 aromatic heterocycles. The number of ether oxygens (including phenoxy) is 1. The van der Waals surface area contributed by atoms with Gasteiger partial charge in [-0.05, 0) is 32.6 Å².